The van der Waals surface area contributed by atoms with Gasteiger partial charge in [0.2, 0.25) is 0 Å². The zero-order valence-corrected chi connectivity index (χ0v) is 13.9. The lowest BCUT2D eigenvalue weighted by molar-refractivity contribution is 0.309. The van der Waals surface area contributed by atoms with Crippen LogP contribution in [0.1, 0.15) is 32.1 Å². The van der Waals surface area contributed by atoms with Crippen molar-refractivity contribution >= 4 is 0 Å². The van der Waals surface area contributed by atoms with E-state index in [1.54, 1.807) is 0 Å². The van der Waals surface area contributed by atoms with Crippen molar-refractivity contribution < 1.29 is 0 Å². The van der Waals surface area contributed by atoms with Gasteiger partial charge in [0, 0.05) is 17.7 Å². The molecule has 0 atom stereocenters. The van der Waals surface area contributed by atoms with Crippen molar-refractivity contribution in [2.75, 3.05) is 0 Å². The average molecular weight is 317 g/mol. The molecule has 0 saturated heterocycles. The lowest BCUT2D eigenvalue weighted by atomic mass is 9.89. The summed E-state index contributed by atoms with van der Waals surface area (Å²) in [6.07, 6.45) is 6.72. The highest BCUT2D eigenvalue weighted by Crippen LogP contribution is 2.28. The first-order valence-corrected chi connectivity index (χ1v) is 8.96. The Kier molecular flexibility index (Phi) is 4.41. The predicted octanol–water partition coefficient (Wildman–Crippen LogP) is 5.19. The first-order chi connectivity index (χ1) is 11.9. The van der Waals surface area contributed by atoms with Crippen molar-refractivity contribution in [3.8, 4) is 22.8 Å². The molecule has 1 saturated carbocycles. The van der Waals surface area contributed by atoms with Crippen LogP contribution in [-0.2, 0) is 6.54 Å². The third-order valence-electron chi connectivity index (χ3n) is 4.89. The van der Waals surface area contributed by atoms with E-state index in [1.165, 1.54) is 32.1 Å². The first kappa shape index (κ1) is 15.1. The molecule has 0 bridgehead atoms. The monoisotopic (exact) mass is 317 g/mol. The van der Waals surface area contributed by atoms with Crippen LogP contribution in [0.15, 0.2) is 60.7 Å². The van der Waals surface area contributed by atoms with Gasteiger partial charge in [-0.15, -0.1) is 0 Å². The fraction of sp³-hybridized carbons (Fsp3) is 0.333. The van der Waals surface area contributed by atoms with E-state index in [0.29, 0.717) is 0 Å². The topological polar surface area (TPSA) is 30.7 Å². The van der Waals surface area contributed by atoms with Crippen LogP contribution in [0.25, 0.3) is 22.8 Å². The molecular weight excluding hydrogens is 294 g/mol. The van der Waals surface area contributed by atoms with Crippen molar-refractivity contribution in [3.63, 3.8) is 0 Å². The standard InChI is InChI=1S/C21H23N3/c1-4-10-17(11-5-1)16-24-21(19-14-8-3-9-15-19)22-20(23-24)18-12-6-2-7-13-18/h2-3,6-9,12-15,17H,1,4-5,10-11,16H2. The van der Waals surface area contributed by atoms with Crippen LogP contribution < -0.4 is 0 Å². The third kappa shape index (κ3) is 3.25. The molecule has 0 aliphatic heterocycles. The Morgan fingerprint density at radius 3 is 2.08 bits per heavy atom. The summed E-state index contributed by atoms with van der Waals surface area (Å²) in [4.78, 5) is 4.87. The molecular formula is C21H23N3. The molecule has 0 spiro atoms. The van der Waals surface area contributed by atoms with Gasteiger partial charge in [0.25, 0.3) is 0 Å². The lowest BCUT2D eigenvalue weighted by Gasteiger charge is -2.21. The summed E-state index contributed by atoms with van der Waals surface area (Å²) < 4.78 is 2.13. The number of rotatable bonds is 4. The Morgan fingerprint density at radius 1 is 0.792 bits per heavy atom. The van der Waals surface area contributed by atoms with Crippen molar-refractivity contribution in [2.45, 2.75) is 38.6 Å². The largest absolute Gasteiger partial charge is 0.245 e. The zero-order chi connectivity index (χ0) is 16.2. The van der Waals surface area contributed by atoms with Crippen molar-refractivity contribution in [1.82, 2.24) is 14.8 Å². The number of hydrogen-bond acceptors (Lipinski definition) is 2. The smallest absolute Gasteiger partial charge is 0.181 e. The number of hydrogen-bond donors (Lipinski definition) is 0. The van der Waals surface area contributed by atoms with Crippen LogP contribution in [0, 0.1) is 5.92 Å². The van der Waals surface area contributed by atoms with Crippen LogP contribution in [0.2, 0.25) is 0 Å². The summed E-state index contributed by atoms with van der Waals surface area (Å²) in [7, 11) is 0. The maximum atomic E-state index is 4.87. The zero-order valence-electron chi connectivity index (χ0n) is 13.9. The second-order valence-corrected chi connectivity index (χ2v) is 6.68. The summed E-state index contributed by atoms with van der Waals surface area (Å²) in [5, 5.41) is 4.86. The van der Waals surface area contributed by atoms with Gasteiger partial charge in [-0.2, -0.15) is 5.10 Å². The van der Waals surface area contributed by atoms with Gasteiger partial charge in [0.1, 0.15) is 0 Å². The quantitative estimate of drug-likeness (QED) is 0.663. The summed E-state index contributed by atoms with van der Waals surface area (Å²) in [5.74, 6) is 2.54. The molecule has 0 amide bonds. The van der Waals surface area contributed by atoms with Gasteiger partial charge in [-0.05, 0) is 18.8 Å². The average Bonchev–Trinajstić information content (AvgIpc) is 3.08. The van der Waals surface area contributed by atoms with Gasteiger partial charge in [0.15, 0.2) is 11.6 Å². The van der Waals surface area contributed by atoms with E-state index in [0.717, 1.165) is 35.2 Å². The maximum absolute atomic E-state index is 4.87. The molecule has 3 heteroatoms. The summed E-state index contributed by atoms with van der Waals surface area (Å²) in [6.45, 7) is 0.976. The maximum Gasteiger partial charge on any atom is 0.181 e. The molecule has 2 aromatic carbocycles. The molecule has 0 radical (unpaired) electrons. The fourth-order valence-electron chi connectivity index (χ4n) is 3.59. The molecule has 1 aromatic heterocycles. The highest BCUT2D eigenvalue weighted by Gasteiger charge is 2.19. The third-order valence-corrected chi connectivity index (χ3v) is 4.89. The molecule has 4 rings (SSSR count). The van der Waals surface area contributed by atoms with E-state index in [9.17, 15) is 0 Å². The minimum atomic E-state index is 0.728. The molecule has 3 aromatic rings. The van der Waals surface area contributed by atoms with E-state index >= 15 is 0 Å². The van der Waals surface area contributed by atoms with Crippen molar-refractivity contribution in [2.24, 2.45) is 5.92 Å². The molecule has 0 unspecified atom stereocenters. The first-order valence-electron chi connectivity index (χ1n) is 8.96. The van der Waals surface area contributed by atoms with Crippen LogP contribution in [-0.4, -0.2) is 14.8 Å². The van der Waals surface area contributed by atoms with Gasteiger partial charge >= 0.3 is 0 Å². The molecule has 24 heavy (non-hydrogen) atoms. The Hall–Kier alpha value is -2.42. The summed E-state index contributed by atoms with van der Waals surface area (Å²) in [5.41, 5.74) is 2.22. The number of aromatic nitrogens is 3. The lowest BCUT2D eigenvalue weighted by Crippen LogP contribution is -2.16. The SMILES string of the molecule is c1ccc(-c2nc(-c3ccccc3)n(CC3CCCCC3)n2)cc1. The van der Waals surface area contributed by atoms with Crippen molar-refractivity contribution in [1.29, 1.82) is 0 Å². The molecule has 0 N–H and O–H groups in total. The van der Waals surface area contributed by atoms with E-state index in [-0.39, 0.29) is 0 Å². The molecule has 1 aliphatic rings. The second-order valence-electron chi connectivity index (χ2n) is 6.68. The normalized spacial score (nSPS) is 15.5. The Morgan fingerprint density at radius 2 is 1.42 bits per heavy atom. The Bertz CT molecular complexity index is 771. The summed E-state index contributed by atoms with van der Waals surface area (Å²) >= 11 is 0. The summed E-state index contributed by atoms with van der Waals surface area (Å²) in [6, 6.07) is 20.7. The van der Waals surface area contributed by atoms with E-state index in [4.69, 9.17) is 10.1 Å². The van der Waals surface area contributed by atoms with E-state index in [2.05, 4.69) is 41.1 Å². The number of benzene rings is 2. The van der Waals surface area contributed by atoms with Gasteiger partial charge in [-0.3, -0.25) is 0 Å². The van der Waals surface area contributed by atoms with Gasteiger partial charge in [0.05, 0.1) is 0 Å². The molecule has 3 nitrogen and oxygen atoms in total. The molecule has 1 fully saturated rings. The highest BCUT2D eigenvalue weighted by atomic mass is 15.3. The Balaban J connectivity index is 1.71. The minimum absolute atomic E-state index is 0.728. The van der Waals surface area contributed by atoms with Gasteiger partial charge in [-0.25, -0.2) is 9.67 Å². The fourth-order valence-corrected chi connectivity index (χ4v) is 3.59. The van der Waals surface area contributed by atoms with Gasteiger partial charge < -0.3 is 0 Å². The Labute approximate surface area is 143 Å². The molecule has 1 heterocycles. The van der Waals surface area contributed by atoms with E-state index in [1.807, 2.05) is 24.3 Å². The van der Waals surface area contributed by atoms with Crippen LogP contribution in [0.4, 0.5) is 0 Å². The van der Waals surface area contributed by atoms with Crippen LogP contribution >= 0.6 is 0 Å². The predicted molar refractivity (Wildman–Crippen MR) is 97.5 cm³/mol. The second kappa shape index (κ2) is 7.00. The molecule has 1 aliphatic carbocycles. The van der Waals surface area contributed by atoms with Crippen LogP contribution in [0.5, 0.6) is 0 Å². The minimum Gasteiger partial charge on any atom is -0.245 e. The van der Waals surface area contributed by atoms with Crippen molar-refractivity contribution in [3.05, 3.63) is 60.7 Å². The molecule has 122 valence electrons. The highest BCUT2D eigenvalue weighted by molar-refractivity contribution is 5.61. The van der Waals surface area contributed by atoms with E-state index < -0.39 is 0 Å². The van der Waals surface area contributed by atoms with Crippen LogP contribution in [0.3, 0.4) is 0 Å². The number of nitrogens with zero attached hydrogens (tertiary/aromatic N) is 3. The van der Waals surface area contributed by atoms with Gasteiger partial charge in [-0.1, -0.05) is 79.9 Å².